The Labute approximate surface area is 132 Å². The summed E-state index contributed by atoms with van der Waals surface area (Å²) in [7, 11) is 0. The molecule has 0 saturated carbocycles. The van der Waals surface area contributed by atoms with Gasteiger partial charge in [-0.15, -0.1) is 0 Å². The van der Waals surface area contributed by atoms with E-state index in [0.717, 1.165) is 16.8 Å². The quantitative estimate of drug-likeness (QED) is 0.823. The lowest BCUT2D eigenvalue weighted by atomic mass is 9.94. The van der Waals surface area contributed by atoms with Gasteiger partial charge in [0.2, 0.25) is 5.91 Å². The van der Waals surface area contributed by atoms with Crippen LogP contribution in [0.1, 0.15) is 28.4 Å². The van der Waals surface area contributed by atoms with Crippen LogP contribution in [0, 0.1) is 5.82 Å². The van der Waals surface area contributed by atoms with Crippen LogP contribution in [0.4, 0.5) is 23.2 Å². The number of nitrogens with one attached hydrogen (secondary N) is 1. The molecule has 0 saturated heterocycles. The van der Waals surface area contributed by atoms with Crippen molar-refractivity contribution < 1.29 is 32.3 Å². The highest BCUT2D eigenvalue weighted by Gasteiger charge is 2.48. The molecule has 0 bridgehead atoms. The maximum atomic E-state index is 14.0. The first-order chi connectivity index (χ1) is 11.2. The van der Waals surface area contributed by atoms with Crippen LogP contribution in [0.2, 0.25) is 0 Å². The number of aromatic nitrogens is 1. The fourth-order valence-electron chi connectivity index (χ4n) is 2.75. The van der Waals surface area contributed by atoms with Crippen LogP contribution in [0.15, 0.2) is 30.5 Å². The number of carbonyl (C=O) groups is 2. The van der Waals surface area contributed by atoms with Crippen LogP contribution in [0.25, 0.3) is 5.69 Å². The molecular formula is C15H10F4N2O3. The van der Waals surface area contributed by atoms with E-state index in [1.165, 1.54) is 18.2 Å². The molecule has 2 heterocycles. The lowest BCUT2D eigenvalue weighted by Crippen LogP contribution is -2.33. The summed E-state index contributed by atoms with van der Waals surface area (Å²) in [5.41, 5.74) is -1.71. The van der Waals surface area contributed by atoms with Crippen molar-refractivity contribution in [2.75, 3.05) is 5.32 Å². The Kier molecular flexibility index (Phi) is 3.58. The molecule has 0 fully saturated rings. The van der Waals surface area contributed by atoms with Gasteiger partial charge in [-0.3, -0.25) is 4.79 Å². The van der Waals surface area contributed by atoms with Crippen LogP contribution in [0.3, 0.4) is 0 Å². The summed E-state index contributed by atoms with van der Waals surface area (Å²) >= 11 is 0. The summed E-state index contributed by atoms with van der Waals surface area (Å²) in [4.78, 5) is 22.9. The van der Waals surface area contributed by atoms with E-state index in [4.69, 9.17) is 0 Å². The molecule has 0 aliphatic carbocycles. The van der Waals surface area contributed by atoms with Crippen molar-refractivity contribution >= 4 is 17.6 Å². The van der Waals surface area contributed by atoms with Gasteiger partial charge in [-0.2, -0.15) is 13.2 Å². The Morgan fingerprint density at radius 1 is 1.29 bits per heavy atom. The number of carboxylic acid groups (broad SMARTS) is 1. The number of amides is 1. The van der Waals surface area contributed by atoms with E-state index in [1.807, 2.05) is 0 Å². The topological polar surface area (TPSA) is 71.3 Å². The van der Waals surface area contributed by atoms with Crippen LogP contribution >= 0.6 is 0 Å². The van der Waals surface area contributed by atoms with Gasteiger partial charge < -0.3 is 15.0 Å². The number of carbonyl (C=O) groups excluding carboxylic acids is 1. The average molecular weight is 342 g/mol. The van der Waals surface area contributed by atoms with Crippen molar-refractivity contribution in [3.63, 3.8) is 0 Å². The molecule has 3 rings (SSSR count). The molecule has 24 heavy (non-hydrogen) atoms. The third kappa shape index (κ3) is 2.51. The van der Waals surface area contributed by atoms with Gasteiger partial charge in [-0.05, 0) is 12.1 Å². The van der Waals surface area contributed by atoms with Crippen LogP contribution in [-0.2, 0) is 4.79 Å². The average Bonchev–Trinajstić information content (AvgIpc) is 2.85. The Balaban J connectivity index is 2.33. The maximum absolute atomic E-state index is 14.0. The predicted octanol–water partition coefficient (Wildman–Crippen LogP) is 3.30. The largest absolute Gasteiger partial charge is 0.478 e. The van der Waals surface area contributed by atoms with Gasteiger partial charge in [-0.1, -0.05) is 12.1 Å². The Hall–Kier alpha value is -2.84. The fourth-order valence-corrected chi connectivity index (χ4v) is 2.75. The van der Waals surface area contributed by atoms with Crippen LogP contribution < -0.4 is 5.32 Å². The van der Waals surface area contributed by atoms with Crippen molar-refractivity contribution in [1.29, 1.82) is 0 Å². The van der Waals surface area contributed by atoms with Gasteiger partial charge in [-0.25, -0.2) is 9.18 Å². The highest BCUT2D eigenvalue weighted by atomic mass is 19.4. The van der Waals surface area contributed by atoms with Crippen molar-refractivity contribution in [3.8, 4) is 5.69 Å². The lowest BCUT2D eigenvalue weighted by Gasteiger charge is -2.27. The number of aromatic carboxylic acids is 1. The number of hydrogen-bond acceptors (Lipinski definition) is 2. The van der Waals surface area contributed by atoms with Crippen LogP contribution in [0.5, 0.6) is 0 Å². The Morgan fingerprint density at radius 3 is 2.54 bits per heavy atom. The zero-order valence-electron chi connectivity index (χ0n) is 11.9. The standard InChI is InChI=1S/C15H10F4N2O3/c16-9-3-1-2-4-10(9)21-6-7(14(23)24)12-13(21)8(15(17,18)19)5-11(22)20-12/h1-4,6,8H,5H2,(H,20,22)(H,23,24)/t8-/m1/s1. The molecule has 1 aliphatic rings. The number of rotatable bonds is 2. The molecule has 2 aromatic rings. The number of alkyl halides is 3. The van der Waals surface area contributed by atoms with Crippen LogP contribution in [-0.4, -0.2) is 27.7 Å². The second-order valence-corrected chi connectivity index (χ2v) is 5.28. The smallest absolute Gasteiger partial charge is 0.397 e. The van der Waals surface area contributed by atoms with Crippen molar-refractivity contribution in [2.24, 2.45) is 0 Å². The Morgan fingerprint density at radius 2 is 1.96 bits per heavy atom. The monoisotopic (exact) mass is 342 g/mol. The summed E-state index contributed by atoms with van der Waals surface area (Å²) in [6.07, 6.45) is -4.80. The molecule has 0 unspecified atom stereocenters. The van der Waals surface area contributed by atoms with E-state index in [0.29, 0.717) is 0 Å². The van der Waals surface area contributed by atoms with Gasteiger partial charge in [0.15, 0.2) is 0 Å². The zero-order valence-corrected chi connectivity index (χ0v) is 11.9. The number of halogens is 4. The minimum Gasteiger partial charge on any atom is -0.478 e. The molecule has 9 heteroatoms. The SMILES string of the molecule is O=C1C[C@@H](C(F)(F)F)c2c(c(C(=O)O)cn2-c2ccccc2F)N1. The summed E-state index contributed by atoms with van der Waals surface area (Å²) in [6, 6.07) is 5.04. The molecule has 1 atom stereocenters. The second-order valence-electron chi connectivity index (χ2n) is 5.28. The van der Waals surface area contributed by atoms with Crippen molar-refractivity contribution in [3.05, 3.63) is 47.5 Å². The van der Waals surface area contributed by atoms with Crippen molar-refractivity contribution in [2.45, 2.75) is 18.5 Å². The van der Waals surface area contributed by atoms with Gasteiger partial charge in [0.05, 0.1) is 17.1 Å². The molecular weight excluding hydrogens is 332 g/mol. The third-order valence-corrected chi connectivity index (χ3v) is 3.76. The lowest BCUT2D eigenvalue weighted by molar-refractivity contribution is -0.157. The van der Waals surface area contributed by atoms with Gasteiger partial charge in [0.25, 0.3) is 0 Å². The molecule has 1 aromatic heterocycles. The molecule has 5 nitrogen and oxygen atoms in total. The molecule has 1 amide bonds. The number of nitrogens with zero attached hydrogens (tertiary/aromatic N) is 1. The van der Waals surface area contributed by atoms with Crippen molar-refractivity contribution in [1.82, 2.24) is 4.57 Å². The fraction of sp³-hybridized carbons (Fsp3) is 0.200. The van der Waals surface area contributed by atoms with E-state index in [1.54, 1.807) is 0 Å². The molecule has 0 spiro atoms. The molecule has 0 radical (unpaired) electrons. The first kappa shape index (κ1) is 16.0. The third-order valence-electron chi connectivity index (χ3n) is 3.76. The molecule has 126 valence electrons. The van der Waals surface area contributed by atoms with E-state index in [2.05, 4.69) is 5.32 Å². The minimum atomic E-state index is -4.79. The van der Waals surface area contributed by atoms with Gasteiger partial charge in [0.1, 0.15) is 17.3 Å². The molecule has 1 aromatic carbocycles. The number of para-hydroxylation sites is 1. The highest BCUT2D eigenvalue weighted by Crippen LogP contribution is 2.46. The van der Waals surface area contributed by atoms with E-state index in [-0.39, 0.29) is 5.69 Å². The predicted molar refractivity (Wildman–Crippen MR) is 74.7 cm³/mol. The summed E-state index contributed by atoms with van der Waals surface area (Å²) in [5.74, 6) is -5.51. The van der Waals surface area contributed by atoms with Gasteiger partial charge >= 0.3 is 12.1 Å². The number of hydrogen-bond donors (Lipinski definition) is 2. The highest BCUT2D eigenvalue weighted by molar-refractivity contribution is 6.03. The Bertz CT molecular complexity index is 842. The zero-order chi connectivity index (χ0) is 17.6. The van der Waals surface area contributed by atoms with E-state index in [9.17, 15) is 32.3 Å². The first-order valence-corrected chi connectivity index (χ1v) is 6.80. The number of fused-ring (bicyclic) bond motifs is 1. The minimum absolute atomic E-state index is 0.230. The summed E-state index contributed by atoms with van der Waals surface area (Å²) < 4.78 is 55.0. The second kappa shape index (κ2) is 5.36. The maximum Gasteiger partial charge on any atom is 0.397 e. The van der Waals surface area contributed by atoms with E-state index < -0.39 is 53.2 Å². The first-order valence-electron chi connectivity index (χ1n) is 6.80. The van der Waals surface area contributed by atoms with Gasteiger partial charge in [0, 0.05) is 12.6 Å². The molecule has 2 N–H and O–H groups in total. The number of carboxylic acids is 1. The molecule has 1 aliphatic heterocycles. The summed E-state index contributed by atoms with van der Waals surface area (Å²) in [6.45, 7) is 0. The number of anilines is 1. The van der Waals surface area contributed by atoms with E-state index >= 15 is 0 Å². The summed E-state index contributed by atoms with van der Waals surface area (Å²) in [5, 5.41) is 11.4. The number of benzene rings is 1. The normalized spacial score (nSPS) is 17.3.